The van der Waals surface area contributed by atoms with Crippen LogP contribution in [0.25, 0.3) is 11.1 Å². The molecule has 2 nitrogen and oxygen atoms in total. The standard InChI is InChI=1S/C28H22.2C4H11N/c1-5-13-23(14-6-1)27(24-15-7-2-8-16-24)21-22-28(25-17-9-3-10-18-25)26-19-11-4-12-20-26;2*1-3-5-4-2/h1-22H;2*5H,3-4H2,1-2H3. The van der Waals surface area contributed by atoms with E-state index in [1.807, 2.05) is 0 Å². The normalized spacial score (nSPS) is 9.68. The van der Waals surface area contributed by atoms with Crippen molar-refractivity contribution in [1.29, 1.82) is 0 Å². The molecule has 38 heavy (non-hydrogen) atoms. The van der Waals surface area contributed by atoms with Gasteiger partial charge in [-0.1, -0.05) is 161 Å². The summed E-state index contributed by atoms with van der Waals surface area (Å²) in [6, 6.07) is 42.2. The second-order valence-electron chi connectivity index (χ2n) is 8.54. The molecule has 4 rings (SSSR count). The number of nitrogens with one attached hydrogen (secondary N) is 2. The highest BCUT2D eigenvalue weighted by Gasteiger charge is 2.06. The van der Waals surface area contributed by atoms with Crippen molar-refractivity contribution in [3.05, 3.63) is 156 Å². The molecule has 0 heterocycles. The zero-order chi connectivity index (χ0) is 27.3. The van der Waals surface area contributed by atoms with Crippen LogP contribution >= 0.6 is 0 Å². The third kappa shape index (κ3) is 11.1. The minimum atomic E-state index is 1.09. The van der Waals surface area contributed by atoms with Crippen LogP contribution in [0.4, 0.5) is 0 Å². The Balaban J connectivity index is 0.000000435. The van der Waals surface area contributed by atoms with Crippen LogP contribution in [0.2, 0.25) is 0 Å². The van der Waals surface area contributed by atoms with E-state index < -0.39 is 0 Å². The molecule has 0 aliphatic carbocycles. The van der Waals surface area contributed by atoms with Gasteiger partial charge in [-0.15, -0.1) is 0 Å². The Morgan fingerprint density at radius 3 is 0.763 bits per heavy atom. The van der Waals surface area contributed by atoms with Crippen LogP contribution in [0, 0.1) is 0 Å². The average molecular weight is 505 g/mol. The van der Waals surface area contributed by atoms with Gasteiger partial charge in [0.15, 0.2) is 0 Å². The topological polar surface area (TPSA) is 24.1 Å². The van der Waals surface area contributed by atoms with E-state index in [2.05, 4.69) is 172 Å². The van der Waals surface area contributed by atoms with Crippen LogP contribution in [-0.4, -0.2) is 26.2 Å². The lowest BCUT2D eigenvalue weighted by Crippen LogP contribution is -2.09. The first kappa shape index (κ1) is 30.5. The van der Waals surface area contributed by atoms with Crippen LogP contribution in [0.1, 0.15) is 49.9 Å². The first-order valence-electron chi connectivity index (χ1n) is 13.8. The van der Waals surface area contributed by atoms with E-state index in [9.17, 15) is 0 Å². The van der Waals surface area contributed by atoms with Gasteiger partial charge in [0.05, 0.1) is 0 Å². The predicted molar refractivity (Wildman–Crippen MR) is 168 cm³/mol. The highest BCUT2D eigenvalue weighted by atomic mass is 14.8. The average Bonchev–Trinajstić information content (AvgIpc) is 2.99. The Morgan fingerprint density at radius 1 is 0.395 bits per heavy atom. The maximum atomic E-state index is 3.11. The quantitative estimate of drug-likeness (QED) is 0.223. The van der Waals surface area contributed by atoms with Crippen molar-refractivity contribution in [2.45, 2.75) is 27.7 Å². The molecule has 0 saturated heterocycles. The summed E-state index contributed by atoms with van der Waals surface area (Å²) in [5.41, 5.74) is 7.28. The Labute approximate surface area is 231 Å². The van der Waals surface area contributed by atoms with Crippen LogP contribution in [0.15, 0.2) is 133 Å². The maximum Gasteiger partial charge on any atom is -0.00775 e. The molecule has 2 heteroatoms. The van der Waals surface area contributed by atoms with Crippen molar-refractivity contribution >= 4 is 11.1 Å². The molecule has 0 bridgehead atoms. The lowest BCUT2D eigenvalue weighted by Gasteiger charge is -2.10. The number of hydrogen-bond donors (Lipinski definition) is 2. The summed E-state index contributed by atoms with van der Waals surface area (Å²) in [5.74, 6) is 0. The third-order valence-corrected chi connectivity index (χ3v) is 5.76. The molecule has 0 aliphatic rings. The van der Waals surface area contributed by atoms with Gasteiger partial charge in [-0.05, 0) is 59.6 Å². The number of hydrogen-bond acceptors (Lipinski definition) is 2. The summed E-state index contributed by atoms with van der Waals surface area (Å²) in [6.45, 7) is 12.8. The molecule has 4 aromatic rings. The molecule has 4 aromatic carbocycles. The van der Waals surface area contributed by atoms with Gasteiger partial charge in [-0.2, -0.15) is 0 Å². The Bertz CT molecular complexity index is 981. The van der Waals surface area contributed by atoms with Gasteiger partial charge in [0.1, 0.15) is 0 Å². The summed E-state index contributed by atoms with van der Waals surface area (Å²) in [4.78, 5) is 0. The zero-order valence-corrected chi connectivity index (χ0v) is 23.5. The van der Waals surface area contributed by atoms with Crippen molar-refractivity contribution in [3.63, 3.8) is 0 Å². The van der Waals surface area contributed by atoms with Crippen LogP contribution in [-0.2, 0) is 0 Å². The molecule has 0 spiro atoms. The summed E-state index contributed by atoms with van der Waals surface area (Å²) in [6.07, 6.45) is 4.47. The molecule has 0 unspecified atom stereocenters. The highest BCUT2D eigenvalue weighted by molar-refractivity contribution is 5.86. The highest BCUT2D eigenvalue weighted by Crippen LogP contribution is 2.27. The number of rotatable bonds is 9. The maximum absolute atomic E-state index is 3.11. The van der Waals surface area contributed by atoms with Crippen LogP contribution in [0.5, 0.6) is 0 Å². The lowest BCUT2D eigenvalue weighted by atomic mass is 9.94. The summed E-state index contributed by atoms with van der Waals surface area (Å²) in [5, 5.41) is 6.22. The van der Waals surface area contributed by atoms with Crippen molar-refractivity contribution < 1.29 is 0 Å². The van der Waals surface area contributed by atoms with Crippen LogP contribution < -0.4 is 10.6 Å². The third-order valence-electron chi connectivity index (χ3n) is 5.76. The fourth-order valence-electron chi connectivity index (χ4n) is 3.86. The lowest BCUT2D eigenvalue weighted by molar-refractivity contribution is 0.762. The molecule has 2 N–H and O–H groups in total. The van der Waals surface area contributed by atoms with Crippen molar-refractivity contribution in [3.8, 4) is 0 Å². The largest absolute Gasteiger partial charge is 0.317 e. The van der Waals surface area contributed by atoms with Crippen molar-refractivity contribution in [1.82, 2.24) is 10.6 Å². The minimum Gasteiger partial charge on any atom is -0.317 e. The van der Waals surface area contributed by atoms with E-state index in [1.165, 1.54) is 33.4 Å². The first-order chi connectivity index (χ1) is 18.7. The molecular weight excluding hydrogens is 460 g/mol. The predicted octanol–water partition coefficient (Wildman–Crippen LogP) is 8.48. The molecule has 0 aromatic heterocycles. The smallest absolute Gasteiger partial charge is 0.00775 e. The van der Waals surface area contributed by atoms with Gasteiger partial charge in [-0.3, -0.25) is 0 Å². The van der Waals surface area contributed by atoms with Gasteiger partial charge in [0.25, 0.3) is 0 Å². The zero-order valence-electron chi connectivity index (χ0n) is 23.5. The second-order valence-corrected chi connectivity index (χ2v) is 8.54. The van der Waals surface area contributed by atoms with E-state index in [4.69, 9.17) is 0 Å². The second kappa shape index (κ2) is 19.4. The van der Waals surface area contributed by atoms with Gasteiger partial charge in [0, 0.05) is 0 Å². The fourth-order valence-corrected chi connectivity index (χ4v) is 3.86. The summed E-state index contributed by atoms with van der Waals surface area (Å²) >= 11 is 0. The summed E-state index contributed by atoms with van der Waals surface area (Å²) < 4.78 is 0. The minimum absolute atomic E-state index is 1.09. The molecule has 0 amide bonds. The Hall–Kier alpha value is -3.72. The van der Waals surface area contributed by atoms with Crippen molar-refractivity contribution in [2.24, 2.45) is 0 Å². The number of benzene rings is 4. The fraction of sp³-hybridized carbons (Fsp3) is 0.222. The Morgan fingerprint density at radius 2 is 0.605 bits per heavy atom. The molecule has 198 valence electrons. The SMILES string of the molecule is C(C=C(c1ccccc1)c1ccccc1)=C(c1ccccc1)c1ccccc1.CCNCC.CCNCC. The van der Waals surface area contributed by atoms with Gasteiger partial charge in [-0.25, -0.2) is 0 Å². The molecule has 0 aliphatic heterocycles. The van der Waals surface area contributed by atoms with Crippen LogP contribution in [0.3, 0.4) is 0 Å². The van der Waals surface area contributed by atoms with Crippen molar-refractivity contribution in [2.75, 3.05) is 26.2 Å². The molecule has 0 saturated carbocycles. The number of allylic oxidation sites excluding steroid dienone is 2. The van der Waals surface area contributed by atoms with E-state index in [-0.39, 0.29) is 0 Å². The van der Waals surface area contributed by atoms with E-state index in [1.54, 1.807) is 0 Å². The van der Waals surface area contributed by atoms with Gasteiger partial charge < -0.3 is 10.6 Å². The molecule has 0 atom stereocenters. The van der Waals surface area contributed by atoms with Gasteiger partial charge in [0.2, 0.25) is 0 Å². The molecule has 0 radical (unpaired) electrons. The first-order valence-corrected chi connectivity index (χ1v) is 13.8. The van der Waals surface area contributed by atoms with E-state index >= 15 is 0 Å². The molecular formula is C36H44N2. The monoisotopic (exact) mass is 504 g/mol. The summed E-state index contributed by atoms with van der Waals surface area (Å²) in [7, 11) is 0. The van der Waals surface area contributed by atoms with E-state index in [0.717, 1.165) is 26.2 Å². The van der Waals surface area contributed by atoms with E-state index in [0.29, 0.717) is 0 Å². The Kier molecular flexibility index (Phi) is 15.6. The van der Waals surface area contributed by atoms with Gasteiger partial charge >= 0.3 is 0 Å². The molecule has 0 fully saturated rings.